The van der Waals surface area contributed by atoms with Gasteiger partial charge in [0.25, 0.3) is 0 Å². The van der Waals surface area contributed by atoms with Gasteiger partial charge in [-0.3, -0.25) is 0 Å². The van der Waals surface area contributed by atoms with E-state index < -0.39 is 5.97 Å². The quantitative estimate of drug-likeness (QED) is 0.611. The lowest BCUT2D eigenvalue weighted by molar-refractivity contribution is -0.134. The first-order valence-corrected chi connectivity index (χ1v) is 8.51. The molecule has 5 nitrogen and oxygen atoms in total. The molecular formula is C19H22ClN3O2. The van der Waals surface area contributed by atoms with Crippen molar-refractivity contribution in [3.05, 3.63) is 52.4 Å². The Hall–Kier alpha value is -2.40. The predicted molar refractivity (Wildman–Crippen MR) is 102 cm³/mol. The van der Waals surface area contributed by atoms with E-state index in [0.29, 0.717) is 22.1 Å². The fourth-order valence-electron chi connectivity index (χ4n) is 2.41. The maximum Gasteiger partial charge on any atom is 0.357 e. The van der Waals surface area contributed by atoms with Crippen molar-refractivity contribution in [3.63, 3.8) is 0 Å². The minimum Gasteiger partial charge on any atom is -0.461 e. The summed E-state index contributed by atoms with van der Waals surface area (Å²) in [5.74, 6) is 0.123. The zero-order valence-corrected chi connectivity index (χ0v) is 15.6. The molecule has 0 saturated heterocycles. The van der Waals surface area contributed by atoms with Crippen molar-refractivity contribution in [1.29, 1.82) is 5.41 Å². The van der Waals surface area contributed by atoms with Crippen LogP contribution in [0.5, 0.6) is 0 Å². The number of carbonyl (C=O) groups excluding carboxylic acids is 1. The molecule has 1 aliphatic heterocycles. The normalized spacial score (nSPS) is 15.9. The monoisotopic (exact) mass is 359 g/mol. The number of ether oxygens (including phenoxy) is 1. The van der Waals surface area contributed by atoms with E-state index in [1.54, 1.807) is 32.1 Å². The van der Waals surface area contributed by atoms with E-state index in [-0.39, 0.29) is 18.2 Å². The van der Waals surface area contributed by atoms with Gasteiger partial charge in [-0.2, -0.15) is 0 Å². The lowest BCUT2D eigenvalue weighted by atomic mass is 10.00. The second-order valence-corrected chi connectivity index (χ2v) is 6.39. The van der Waals surface area contributed by atoms with Gasteiger partial charge in [0.1, 0.15) is 5.82 Å². The molecule has 1 aromatic rings. The molecule has 132 valence electrons. The number of esters is 1. The molecule has 1 heterocycles. The van der Waals surface area contributed by atoms with E-state index in [9.17, 15) is 4.79 Å². The van der Waals surface area contributed by atoms with Crippen LogP contribution in [0.2, 0.25) is 5.02 Å². The molecule has 1 aromatic carbocycles. The summed E-state index contributed by atoms with van der Waals surface area (Å²) >= 11 is 6.10. The number of halogens is 1. The van der Waals surface area contributed by atoms with Crippen molar-refractivity contribution in [2.24, 2.45) is 10.9 Å². The highest BCUT2D eigenvalue weighted by Crippen LogP contribution is 2.26. The van der Waals surface area contributed by atoms with Crippen LogP contribution in [0.25, 0.3) is 5.57 Å². The Bertz CT molecular complexity index is 792. The Morgan fingerprint density at radius 2 is 2.12 bits per heavy atom. The van der Waals surface area contributed by atoms with E-state index in [1.165, 1.54) is 0 Å². The highest BCUT2D eigenvalue weighted by atomic mass is 35.5. The smallest absolute Gasteiger partial charge is 0.357 e. The summed E-state index contributed by atoms with van der Waals surface area (Å²) in [7, 11) is 0. The topological polar surface area (TPSA) is 74.5 Å². The summed E-state index contributed by atoms with van der Waals surface area (Å²) in [5, 5.41) is 12.0. The average molecular weight is 360 g/mol. The molecule has 0 unspecified atom stereocenters. The Balaban J connectivity index is 2.62. The summed E-state index contributed by atoms with van der Waals surface area (Å²) in [6.45, 7) is 7.74. The third kappa shape index (κ3) is 4.57. The Morgan fingerprint density at radius 3 is 2.68 bits per heavy atom. The van der Waals surface area contributed by atoms with Crippen LogP contribution in [0.3, 0.4) is 0 Å². The number of hydrogen-bond acceptors (Lipinski definition) is 5. The maximum atomic E-state index is 12.2. The van der Waals surface area contributed by atoms with Gasteiger partial charge in [0.15, 0.2) is 5.71 Å². The van der Waals surface area contributed by atoms with Crippen LogP contribution >= 0.6 is 11.6 Å². The number of hydrogen-bond donors (Lipinski definition) is 2. The van der Waals surface area contributed by atoms with E-state index in [4.69, 9.17) is 21.7 Å². The van der Waals surface area contributed by atoms with Crippen molar-refractivity contribution in [2.75, 3.05) is 6.61 Å². The Morgan fingerprint density at radius 1 is 1.40 bits per heavy atom. The van der Waals surface area contributed by atoms with Crippen molar-refractivity contribution in [2.45, 2.75) is 27.7 Å². The largest absolute Gasteiger partial charge is 0.461 e. The highest BCUT2D eigenvalue weighted by Gasteiger charge is 2.22. The van der Waals surface area contributed by atoms with Crippen LogP contribution in [0.4, 0.5) is 0 Å². The second-order valence-electron chi connectivity index (χ2n) is 5.96. The van der Waals surface area contributed by atoms with E-state index in [1.807, 2.05) is 26.0 Å². The fraction of sp³-hybridized carbons (Fsp3) is 0.316. The molecule has 0 radical (unpaired) electrons. The van der Waals surface area contributed by atoms with E-state index in [0.717, 1.165) is 11.3 Å². The van der Waals surface area contributed by atoms with Crippen LogP contribution < -0.4 is 5.32 Å². The summed E-state index contributed by atoms with van der Waals surface area (Å²) in [5.41, 5.74) is 2.74. The van der Waals surface area contributed by atoms with Gasteiger partial charge in [0, 0.05) is 22.0 Å². The Labute approximate surface area is 152 Å². The zero-order valence-electron chi connectivity index (χ0n) is 14.8. The van der Waals surface area contributed by atoms with Crippen LogP contribution in [-0.2, 0) is 9.53 Å². The zero-order chi connectivity index (χ0) is 18.6. The highest BCUT2D eigenvalue weighted by molar-refractivity contribution is 6.42. The molecule has 0 atom stereocenters. The first kappa shape index (κ1) is 18.9. The van der Waals surface area contributed by atoms with E-state index >= 15 is 0 Å². The predicted octanol–water partition coefficient (Wildman–Crippen LogP) is 4.20. The first-order chi connectivity index (χ1) is 11.8. The van der Waals surface area contributed by atoms with Gasteiger partial charge < -0.3 is 15.5 Å². The van der Waals surface area contributed by atoms with Gasteiger partial charge in [-0.1, -0.05) is 37.6 Å². The van der Waals surface area contributed by atoms with Gasteiger partial charge in [-0.25, -0.2) is 9.79 Å². The summed E-state index contributed by atoms with van der Waals surface area (Å²) in [6, 6.07) is 7.23. The third-order valence-corrected chi connectivity index (χ3v) is 3.85. The molecule has 1 aliphatic rings. The standard InChI is InChI=1S/C19H22ClN3O2/c1-5-25-19(24)16-10-15(11(2)3)22-18(23-16)17(12(4)21)13-7-6-8-14(20)9-13/h6-11,21-22H,5H2,1-4H3/b18-17-,21-12?. The third-order valence-electron chi connectivity index (χ3n) is 3.62. The minimum absolute atomic E-state index is 0.154. The van der Waals surface area contributed by atoms with Gasteiger partial charge in [0.05, 0.1) is 6.61 Å². The fourth-order valence-corrected chi connectivity index (χ4v) is 2.60. The van der Waals surface area contributed by atoms with Crippen LogP contribution in [0, 0.1) is 11.3 Å². The van der Waals surface area contributed by atoms with Crippen LogP contribution in [-0.4, -0.2) is 24.0 Å². The summed E-state index contributed by atoms with van der Waals surface area (Å²) in [4.78, 5) is 16.6. The maximum absolute atomic E-state index is 12.2. The van der Waals surface area contributed by atoms with Gasteiger partial charge in [-0.15, -0.1) is 0 Å². The second kappa shape index (κ2) is 8.12. The van der Waals surface area contributed by atoms with Crippen molar-refractivity contribution >= 4 is 34.6 Å². The number of benzene rings is 1. The number of aliphatic imine (C=N–C) groups is 1. The summed E-state index contributed by atoms with van der Waals surface area (Å²) in [6.07, 6.45) is 1.70. The summed E-state index contributed by atoms with van der Waals surface area (Å²) < 4.78 is 5.08. The molecular weight excluding hydrogens is 338 g/mol. The molecule has 0 spiro atoms. The first-order valence-electron chi connectivity index (χ1n) is 8.13. The molecule has 2 N–H and O–H groups in total. The van der Waals surface area contributed by atoms with Gasteiger partial charge in [0.2, 0.25) is 0 Å². The number of allylic oxidation sites excluding steroid dienone is 2. The van der Waals surface area contributed by atoms with E-state index in [2.05, 4.69) is 10.3 Å². The average Bonchev–Trinajstić information content (AvgIpc) is 2.54. The lowest BCUT2D eigenvalue weighted by Crippen LogP contribution is -2.28. The van der Waals surface area contributed by atoms with Crippen molar-refractivity contribution in [3.8, 4) is 0 Å². The number of nitrogens with zero attached hydrogens (tertiary/aromatic N) is 1. The Kier molecular flexibility index (Phi) is 6.15. The molecule has 0 aliphatic carbocycles. The number of nitrogens with one attached hydrogen (secondary N) is 2. The molecule has 0 fully saturated rings. The van der Waals surface area contributed by atoms with Crippen LogP contribution in [0.1, 0.15) is 33.3 Å². The molecule has 0 amide bonds. The number of carbonyl (C=O) groups is 1. The number of rotatable bonds is 5. The van der Waals surface area contributed by atoms with Gasteiger partial charge in [-0.05, 0) is 43.5 Å². The van der Waals surface area contributed by atoms with Gasteiger partial charge >= 0.3 is 5.97 Å². The lowest BCUT2D eigenvalue weighted by Gasteiger charge is -2.22. The minimum atomic E-state index is -0.479. The molecule has 0 saturated carbocycles. The molecule has 2 rings (SSSR count). The SMILES string of the molecule is CCOC(=O)C1=N/C(=C(/C(C)=N)c2cccc(Cl)c2)NC(C(C)C)=C1. The van der Waals surface area contributed by atoms with Crippen LogP contribution in [0.15, 0.2) is 46.9 Å². The molecule has 25 heavy (non-hydrogen) atoms. The van der Waals surface area contributed by atoms with Crippen molar-refractivity contribution < 1.29 is 9.53 Å². The molecule has 0 aromatic heterocycles. The van der Waals surface area contributed by atoms with Crippen molar-refractivity contribution in [1.82, 2.24) is 5.32 Å². The molecule has 0 bridgehead atoms. The molecule has 6 heteroatoms.